The highest BCUT2D eigenvalue weighted by Gasteiger charge is 2.28. The Bertz CT molecular complexity index is 510. The second-order valence-corrected chi connectivity index (χ2v) is 14.7. The monoisotopic (exact) mass is 504 g/mol. The van der Waals surface area contributed by atoms with Gasteiger partial charge >= 0.3 is 0 Å². The van der Waals surface area contributed by atoms with Gasteiger partial charge in [-0.1, -0.05) is 20.8 Å². The van der Waals surface area contributed by atoms with Gasteiger partial charge in [0.1, 0.15) is 12.2 Å². The van der Waals surface area contributed by atoms with Crippen molar-refractivity contribution in [2.75, 3.05) is 39.6 Å². The largest absolute Gasteiger partial charge is 0.378 e. The zero-order valence-corrected chi connectivity index (χ0v) is 25.9. The molecule has 0 aliphatic carbocycles. The standard InChI is InChI=1S/C29H60O6/c1-25(2,3)22(16-30-18-23(34-28(10,11)12)20-32-26(4,5)6)17-31-19-24(35-29(13,14)15)21-33-27(7,8)9/h22-24H,16-21H2,1-15H3. The molecule has 0 N–H and O–H groups in total. The minimum Gasteiger partial charge on any atom is -0.378 e. The van der Waals surface area contributed by atoms with Gasteiger partial charge in [-0.2, -0.15) is 0 Å². The zero-order valence-electron chi connectivity index (χ0n) is 25.9. The van der Waals surface area contributed by atoms with Gasteiger partial charge in [-0.05, 0) is 88.5 Å². The van der Waals surface area contributed by atoms with Crippen LogP contribution in [0.1, 0.15) is 104 Å². The molecule has 0 aromatic carbocycles. The van der Waals surface area contributed by atoms with E-state index in [9.17, 15) is 0 Å². The molecule has 0 amide bonds. The maximum atomic E-state index is 6.20. The predicted molar refractivity (Wildman–Crippen MR) is 145 cm³/mol. The van der Waals surface area contributed by atoms with E-state index in [1.165, 1.54) is 0 Å². The molecule has 0 radical (unpaired) electrons. The van der Waals surface area contributed by atoms with Gasteiger partial charge in [-0.15, -0.1) is 0 Å². The maximum Gasteiger partial charge on any atom is 0.105 e. The van der Waals surface area contributed by atoms with Gasteiger partial charge in [0.15, 0.2) is 0 Å². The molecule has 2 atom stereocenters. The Morgan fingerprint density at radius 2 is 0.714 bits per heavy atom. The third-order valence-electron chi connectivity index (χ3n) is 4.92. The molecular weight excluding hydrogens is 444 g/mol. The van der Waals surface area contributed by atoms with Gasteiger partial charge in [0.2, 0.25) is 0 Å². The topological polar surface area (TPSA) is 55.4 Å². The van der Waals surface area contributed by atoms with E-state index in [0.717, 1.165) is 0 Å². The van der Waals surface area contributed by atoms with Crippen molar-refractivity contribution in [1.29, 1.82) is 0 Å². The van der Waals surface area contributed by atoms with Crippen LogP contribution in [0.25, 0.3) is 0 Å². The third kappa shape index (κ3) is 21.5. The normalized spacial score (nSPS) is 16.9. The van der Waals surface area contributed by atoms with Crippen molar-refractivity contribution < 1.29 is 28.4 Å². The van der Waals surface area contributed by atoms with E-state index in [4.69, 9.17) is 28.4 Å². The Morgan fingerprint density at radius 3 is 0.943 bits per heavy atom. The molecule has 0 rings (SSSR count). The highest BCUT2D eigenvalue weighted by molar-refractivity contribution is 4.76. The minimum absolute atomic E-state index is 0.0323. The van der Waals surface area contributed by atoms with Crippen LogP contribution in [0.4, 0.5) is 0 Å². The lowest BCUT2D eigenvalue weighted by atomic mass is 9.82. The van der Waals surface area contributed by atoms with Gasteiger partial charge in [0.05, 0.1) is 62.0 Å². The van der Waals surface area contributed by atoms with Gasteiger partial charge in [0, 0.05) is 5.92 Å². The average Bonchev–Trinajstić information content (AvgIpc) is 2.58. The first kappa shape index (κ1) is 34.8. The van der Waals surface area contributed by atoms with Gasteiger partial charge < -0.3 is 28.4 Å². The molecule has 0 aromatic rings. The SMILES string of the molecule is CC(C)(C)OCC(COCC(COCC(COC(C)(C)C)OC(C)(C)C)C(C)(C)C)OC(C)(C)C. The molecule has 0 aliphatic heterocycles. The molecule has 0 heterocycles. The first-order chi connectivity index (χ1) is 15.5. The van der Waals surface area contributed by atoms with Crippen molar-refractivity contribution in [3.63, 3.8) is 0 Å². The molecule has 0 saturated carbocycles. The average molecular weight is 505 g/mol. The van der Waals surface area contributed by atoms with Crippen LogP contribution < -0.4 is 0 Å². The van der Waals surface area contributed by atoms with Crippen LogP contribution in [0.15, 0.2) is 0 Å². The fraction of sp³-hybridized carbons (Fsp3) is 1.00. The molecular formula is C29H60O6. The molecule has 0 spiro atoms. The number of rotatable bonds is 14. The quantitative estimate of drug-likeness (QED) is 0.263. The van der Waals surface area contributed by atoms with Crippen LogP contribution in [0.2, 0.25) is 0 Å². The van der Waals surface area contributed by atoms with E-state index in [1.54, 1.807) is 0 Å². The molecule has 0 saturated heterocycles. The summed E-state index contributed by atoms with van der Waals surface area (Å²) in [5, 5.41) is 0. The summed E-state index contributed by atoms with van der Waals surface area (Å²) in [6.45, 7) is 34.5. The molecule has 6 heteroatoms. The van der Waals surface area contributed by atoms with E-state index in [1.807, 2.05) is 0 Å². The molecule has 0 aromatic heterocycles. The summed E-state index contributed by atoms with van der Waals surface area (Å²) in [5.74, 6) is 0.222. The minimum atomic E-state index is -0.265. The van der Waals surface area contributed by atoms with E-state index >= 15 is 0 Å². The highest BCUT2D eigenvalue weighted by atomic mass is 16.6. The van der Waals surface area contributed by atoms with Gasteiger partial charge in [-0.25, -0.2) is 0 Å². The second-order valence-electron chi connectivity index (χ2n) is 14.7. The summed E-state index contributed by atoms with van der Waals surface area (Å²) in [5.41, 5.74) is -0.935. The molecule has 2 unspecified atom stereocenters. The third-order valence-corrected chi connectivity index (χ3v) is 4.92. The van der Waals surface area contributed by atoms with Crippen molar-refractivity contribution in [2.24, 2.45) is 11.3 Å². The van der Waals surface area contributed by atoms with E-state index in [2.05, 4.69) is 104 Å². The Morgan fingerprint density at radius 1 is 0.400 bits per heavy atom. The number of hydrogen-bond donors (Lipinski definition) is 0. The van der Waals surface area contributed by atoms with Gasteiger partial charge in [-0.3, -0.25) is 0 Å². The van der Waals surface area contributed by atoms with Gasteiger partial charge in [0.25, 0.3) is 0 Å². The summed E-state index contributed by atoms with van der Waals surface area (Å²) in [6, 6.07) is 0. The molecule has 35 heavy (non-hydrogen) atoms. The van der Waals surface area contributed by atoms with E-state index in [-0.39, 0.29) is 45.9 Å². The molecule has 0 fully saturated rings. The number of hydrogen-bond acceptors (Lipinski definition) is 6. The summed E-state index contributed by atoms with van der Waals surface area (Å²) >= 11 is 0. The van der Waals surface area contributed by atoms with Crippen LogP contribution in [0.5, 0.6) is 0 Å². The Hall–Kier alpha value is -0.240. The Labute approximate surface area is 218 Å². The molecule has 0 bridgehead atoms. The maximum absolute atomic E-state index is 6.20. The smallest absolute Gasteiger partial charge is 0.105 e. The predicted octanol–water partition coefficient (Wildman–Crippen LogP) is 6.68. The molecule has 212 valence electrons. The van der Waals surface area contributed by atoms with E-state index < -0.39 is 0 Å². The summed E-state index contributed by atoms with van der Waals surface area (Å²) < 4.78 is 36.7. The van der Waals surface area contributed by atoms with Crippen LogP contribution in [-0.2, 0) is 28.4 Å². The zero-order chi connectivity index (χ0) is 27.7. The summed E-state index contributed by atoms with van der Waals surface area (Å²) in [6.07, 6.45) is -0.259. The first-order valence-corrected chi connectivity index (χ1v) is 13.3. The highest BCUT2D eigenvalue weighted by Crippen LogP contribution is 2.27. The second kappa shape index (κ2) is 14.1. The van der Waals surface area contributed by atoms with Crippen molar-refractivity contribution in [2.45, 2.75) is 138 Å². The summed E-state index contributed by atoms with van der Waals surface area (Å²) in [7, 11) is 0. The van der Waals surface area contributed by atoms with Crippen LogP contribution >= 0.6 is 0 Å². The van der Waals surface area contributed by atoms with E-state index in [0.29, 0.717) is 39.6 Å². The Balaban J connectivity index is 4.96. The number of ether oxygens (including phenoxy) is 6. The molecule has 6 nitrogen and oxygen atoms in total. The van der Waals surface area contributed by atoms with Crippen LogP contribution in [0, 0.1) is 11.3 Å². The fourth-order valence-electron chi connectivity index (χ4n) is 3.15. The van der Waals surface area contributed by atoms with Crippen molar-refractivity contribution >= 4 is 0 Å². The van der Waals surface area contributed by atoms with Crippen LogP contribution in [-0.4, -0.2) is 74.3 Å². The lowest BCUT2D eigenvalue weighted by Gasteiger charge is -2.34. The lowest BCUT2D eigenvalue weighted by molar-refractivity contribution is -0.152. The lowest BCUT2D eigenvalue weighted by Crippen LogP contribution is -2.39. The van der Waals surface area contributed by atoms with Crippen LogP contribution in [0.3, 0.4) is 0 Å². The van der Waals surface area contributed by atoms with Crippen molar-refractivity contribution in [1.82, 2.24) is 0 Å². The summed E-state index contributed by atoms with van der Waals surface area (Å²) in [4.78, 5) is 0. The Kier molecular flexibility index (Phi) is 14.0. The fourth-order valence-corrected chi connectivity index (χ4v) is 3.15. The van der Waals surface area contributed by atoms with Crippen molar-refractivity contribution in [3.05, 3.63) is 0 Å². The first-order valence-electron chi connectivity index (χ1n) is 13.3. The molecule has 0 aliphatic rings. The van der Waals surface area contributed by atoms with Crippen molar-refractivity contribution in [3.8, 4) is 0 Å².